The van der Waals surface area contributed by atoms with Crippen molar-refractivity contribution < 1.29 is 0 Å². The van der Waals surface area contributed by atoms with Gasteiger partial charge in [0.05, 0.1) is 0 Å². The minimum absolute atomic E-state index is 0.222. The fourth-order valence-electron chi connectivity index (χ4n) is 1.67. The minimum Gasteiger partial charge on any atom is -0.352 e. The molecule has 0 aliphatic heterocycles. The lowest BCUT2D eigenvalue weighted by Crippen LogP contribution is -2.17. The highest BCUT2D eigenvalue weighted by molar-refractivity contribution is 6.29. The van der Waals surface area contributed by atoms with Crippen molar-refractivity contribution in [3.05, 3.63) is 23.4 Å². The van der Waals surface area contributed by atoms with E-state index in [2.05, 4.69) is 30.6 Å². The summed E-state index contributed by atoms with van der Waals surface area (Å²) in [4.78, 5) is 17.4. The van der Waals surface area contributed by atoms with Gasteiger partial charge < -0.3 is 10.6 Å². The van der Waals surface area contributed by atoms with Crippen molar-refractivity contribution in [3.63, 3.8) is 0 Å². The van der Waals surface area contributed by atoms with Crippen molar-refractivity contribution >= 4 is 23.5 Å². The first kappa shape index (κ1) is 15.4. The molecule has 2 N–H and O–H groups in total. The lowest BCUT2D eigenvalue weighted by molar-refractivity contribution is 0.846. The van der Waals surface area contributed by atoms with Crippen molar-refractivity contribution in [3.8, 4) is 11.5 Å². The number of hydrogen-bond acceptors (Lipinski definition) is 6. The number of pyridine rings is 1. The van der Waals surface area contributed by atoms with Crippen molar-refractivity contribution in [2.24, 2.45) is 0 Å². The maximum atomic E-state index is 5.93. The maximum absolute atomic E-state index is 5.93. The van der Waals surface area contributed by atoms with Crippen molar-refractivity contribution in [2.75, 3.05) is 10.6 Å². The lowest BCUT2D eigenvalue weighted by Gasteiger charge is -2.13. The van der Waals surface area contributed by atoms with Gasteiger partial charge in [0.25, 0.3) is 0 Å². The SMILES string of the molecule is CC(C)Nc1nc(NC(C)C)nc(-c2cccc(Cl)n2)n1. The van der Waals surface area contributed by atoms with Crippen LogP contribution in [0.2, 0.25) is 5.15 Å². The van der Waals surface area contributed by atoms with Gasteiger partial charge in [0.15, 0.2) is 5.82 Å². The van der Waals surface area contributed by atoms with Gasteiger partial charge >= 0.3 is 0 Å². The third-order valence-corrected chi connectivity index (χ3v) is 2.63. The molecule has 0 atom stereocenters. The normalized spacial score (nSPS) is 11.0. The number of nitrogens with zero attached hydrogens (tertiary/aromatic N) is 4. The van der Waals surface area contributed by atoms with Crippen molar-refractivity contribution in [1.29, 1.82) is 0 Å². The van der Waals surface area contributed by atoms with Crippen LogP contribution in [0.3, 0.4) is 0 Å². The maximum Gasteiger partial charge on any atom is 0.228 e. The number of rotatable bonds is 5. The number of halogens is 1. The molecule has 6 nitrogen and oxygen atoms in total. The average molecular weight is 307 g/mol. The van der Waals surface area contributed by atoms with Gasteiger partial charge in [-0.05, 0) is 39.8 Å². The van der Waals surface area contributed by atoms with Crippen molar-refractivity contribution in [1.82, 2.24) is 19.9 Å². The summed E-state index contributed by atoms with van der Waals surface area (Å²) >= 11 is 5.93. The first-order valence-corrected chi connectivity index (χ1v) is 7.24. The molecule has 0 saturated carbocycles. The molecule has 0 saturated heterocycles. The Labute approximate surface area is 129 Å². The van der Waals surface area contributed by atoms with Gasteiger partial charge in [0.2, 0.25) is 11.9 Å². The van der Waals surface area contributed by atoms with E-state index in [9.17, 15) is 0 Å². The molecule has 0 aliphatic carbocycles. The predicted octanol–water partition coefficient (Wildman–Crippen LogP) is 3.23. The monoisotopic (exact) mass is 306 g/mol. The van der Waals surface area contributed by atoms with Crippen LogP contribution in [-0.2, 0) is 0 Å². The molecule has 2 aromatic heterocycles. The molecule has 0 aliphatic rings. The standard InChI is InChI=1S/C14H19ClN6/c1-8(2)16-13-19-12(10-6-5-7-11(15)18-10)20-14(21-13)17-9(3)4/h5-9H,1-4H3,(H2,16,17,19,20,21). The molecule has 0 radical (unpaired) electrons. The van der Waals surface area contributed by atoms with Gasteiger partial charge in [0.1, 0.15) is 10.8 Å². The van der Waals surface area contributed by atoms with E-state index < -0.39 is 0 Å². The Morgan fingerprint density at radius 3 is 1.90 bits per heavy atom. The first-order valence-electron chi connectivity index (χ1n) is 6.86. The molecule has 2 rings (SSSR count). The summed E-state index contributed by atoms with van der Waals surface area (Å²) in [5, 5.41) is 6.77. The summed E-state index contributed by atoms with van der Waals surface area (Å²) < 4.78 is 0. The number of nitrogens with one attached hydrogen (secondary N) is 2. The van der Waals surface area contributed by atoms with Gasteiger partial charge in [-0.1, -0.05) is 17.7 Å². The molecular weight excluding hydrogens is 288 g/mol. The number of aromatic nitrogens is 4. The Balaban J connectivity index is 2.43. The molecule has 112 valence electrons. The molecule has 0 amide bonds. The fourth-order valence-corrected chi connectivity index (χ4v) is 1.83. The van der Waals surface area contributed by atoms with Crippen LogP contribution in [0.15, 0.2) is 18.2 Å². The molecule has 21 heavy (non-hydrogen) atoms. The summed E-state index contributed by atoms with van der Waals surface area (Å²) in [5.41, 5.74) is 0.614. The molecule has 7 heteroatoms. The molecular formula is C14H19ClN6. The van der Waals surface area contributed by atoms with Crippen LogP contribution in [0.4, 0.5) is 11.9 Å². The summed E-state index contributed by atoms with van der Waals surface area (Å²) in [6, 6.07) is 5.80. The summed E-state index contributed by atoms with van der Waals surface area (Å²) in [6.45, 7) is 8.10. The average Bonchev–Trinajstić information content (AvgIpc) is 2.36. The van der Waals surface area contributed by atoms with E-state index >= 15 is 0 Å². The van der Waals surface area contributed by atoms with Crippen LogP contribution < -0.4 is 10.6 Å². The second kappa shape index (κ2) is 6.67. The van der Waals surface area contributed by atoms with Gasteiger partial charge in [-0.15, -0.1) is 0 Å². The Kier molecular flexibility index (Phi) is 4.90. The molecule has 0 bridgehead atoms. The fraction of sp³-hybridized carbons (Fsp3) is 0.429. The summed E-state index contributed by atoms with van der Waals surface area (Å²) in [5.74, 6) is 1.51. The first-order chi connectivity index (χ1) is 9.94. The Hall–Kier alpha value is -1.95. The zero-order valence-electron chi connectivity index (χ0n) is 12.6. The zero-order valence-corrected chi connectivity index (χ0v) is 13.3. The third kappa shape index (κ3) is 4.53. The van der Waals surface area contributed by atoms with Crippen LogP contribution >= 0.6 is 11.6 Å². The van der Waals surface area contributed by atoms with Gasteiger partial charge in [-0.25, -0.2) is 4.98 Å². The van der Waals surface area contributed by atoms with E-state index in [1.807, 2.05) is 39.8 Å². The highest BCUT2D eigenvalue weighted by atomic mass is 35.5. The molecule has 2 aromatic rings. The second-order valence-electron chi connectivity index (χ2n) is 5.25. The summed E-state index contributed by atoms with van der Waals surface area (Å²) in [7, 11) is 0. The van der Waals surface area contributed by atoms with Crippen LogP contribution in [0, 0.1) is 0 Å². The molecule has 2 heterocycles. The van der Waals surface area contributed by atoms with Gasteiger partial charge in [-0.3, -0.25) is 0 Å². The molecule has 0 aromatic carbocycles. The second-order valence-corrected chi connectivity index (χ2v) is 5.64. The van der Waals surface area contributed by atoms with E-state index in [1.165, 1.54) is 0 Å². The summed E-state index contributed by atoms with van der Waals surface area (Å²) in [6.07, 6.45) is 0. The molecule has 0 unspecified atom stereocenters. The van der Waals surface area contributed by atoms with Crippen molar-refractivity contribution in [2.45, 2.75) is 39.8 Å². The number of hydrogen-bond donors (Lipinski definition) is 2. The third-order valence-electron chi connectivity index (χ3n) is 2.42. The minimum atomic E-state index is 0.222. The van der Waals surface area contributed by atoms with E-state index in [1.54, 1.807) is 6.07 Å². The molecule has 0 spiro atoms. The molecule has 0 fully saturated rings. The zero-order chi connectivity index (χ0) is 15.4. The van der Waals surface area contributed by atoms with Gasteiger partial charge in [0, 0.05) is 12.1 Å². The predicted molar refractivity (Wildman–Crippen MR) is 85.6 cm³/mol. The van der Waals surface area contributed by atoms with Crippen LogP contribution in [0.1, 0.15) is 27.7 Å². The van der Waals surface area contributed by atoms with Gasteiger partial charge in [-0.2, -0.15) is 15.0 Å². The van der Waals surface area contributed by atoms with E-state index in [-0.39, 0.29) is 12.1 Å². The van der Waals surface area contributed by atoms with Crippen LogP contribution in [0.5, 0.6) is 0 Å². The quantitative estimate of drug-likeness (QED) is 0.826. The van der Waals surface area contributed by atoms with E-state index in [0.717, 1.165) is 0 Å². The Morgan fingerprint density at radius 1 is 0.857 bits per heavy atom. The lowest BCUT2D eigenvalue weighted by atomic mass is 10.3. The topological polar surface area (TPSA) is 75.6 Å². The largest absolute Gasteiger partial charge is 0.352 e. The highest BCUT2D eigenvalue weighted by Crippen LogP contribution is 2.18. The van der Waals surface area contributed by atoms with Crippen LogP contribution in [0.25, 0.3) is 11.5 Å². The highest BCUT2D eigenvalue weighted by Gasteiger charge is 2.11. The number of anilines is 2. The van der Waals surface area contributed by atoms with Crippen LogP contribution in [-0.4, -0.2) is 32.0 Å². The Bertz CT molecular complexity index is 586. The van der Waals surface area contributed by atoms with E-state index in [4.69, 9.17) is 11.6 Å². The van der Waals surface area contributed by atoms with E-state index in [0.29, 0.717) is 28.6 Å². The Morgan fingerprint density at radius 2 is 1.43 bits per heavy atom. The smallest absolute Gasteiger partial charge is 0.228 e.